The van der Waals surface area contributed by atoms with Crippen molar-refractivity contribution in [2.45, 2.75) is 6.54 Å². The van der Waals surface area contributed by atoms with Crippen LogP contribution in [0.3, 0.4) is 0 Å². The molecule has 0 aliphatic heterocycles. The third-order valence-corrected chi connectivity index (χ3v) is 2.82. The fourth-order valence-electron chi connectivity index (χ4n) is 1.78. The minimum atomic E-state index is -0.213. The van der Waals surface area contributed by atoms with Crippen LogP contribution in [0.4, 0.5) is 0 Å². The number of hydrogen-bond donors (Lipinski definition) is 1. The van der Waals surface area contributed by atoms with Crippen molar-refractivity contribution in [2.24, 2.45) is 7.05 Å². The van der Waals surface area contributed by atoms with Crippen LogP contribution in [-0.4, -0.2) is 33.2 Å². The topological polar surface area (TPSA) is 69.3 Å². The van der Waals surface area contributed by atoms with Crippen LogP contribution in [0.15, 0.2) is 29.3 Å². The van der Waals surface area contributed by atoms with Gasteiger partial charge in [-0.15, -0.1) is 0 Å². The molecule has 1 N–H and O–H groups in total. The molecular weight excluding hydrogens is 258 g/mol. The second-order valence-corrected chi connectivity index (χ2v) is 4.17. The van der Waals surface area contributed by atoms with E-state index < -0.39 is 0 Å². The minimum Gasteiger partial charge on any atom is -0.497 e. The van der Waals surface area contributed by atoms with Gasteiger partial charge in [0.15, 0.2) is 0 Å². The number of nitrogens with zero attached hydrogens (tertiary/aromatic N) is 3. The van der Waals surface area contributed by atoms with Crippen molar-refractivity contribution in [2.75, 3.05) is 13.7 Å². The highest BCUT2D eigenvalue weighted by Gasteiger charge is 2.07. The highest BCUT2D eigenvalue weighted by atomic mass is 16.5. The summed E-state index contributed by atoms with van der Waals surface area (Å²) in [6, 6.07) is 5.39. The van der Waals surface area contributed by atoms with Gasteiger partial charge in [0, 0.05) is 12.6 Å². The summed E-state index contributed by atoms with van der Waals surface area (Å²) in [5.74, 6) is 6.13. The molecule has 0 atom stereocenters. The van der Waals surface area contributed by atoms with Crippen molar-refractivity contribution >= 4 is 0 Å². The highest BCUT2D eigenvalue weighted by molar-refractivity contribution is 5.45. The van der Waals surface area contributed by atoms with E-state index in [0.29, 0.717) is 12.3 Å². The van der Waals surface area contributed by atoms with E-state index in [0.717, 1.165) is 11.1 Å². The van der Waals surface area contributed by atoms with E-state index in [1.165, 1.54) is 15.6 Å². The SMILES string of the molecule is COc1ccc(C#CCO)c(Cn2ncn(C)c2=O)c1. The van der Waals surface area contributed by atoms with Crippen molar-refractivity contribution in [3.8, 4) is 17.6 Å². The molecule has 1 aromatic heterocycles. The van der Waals surface area contributed by atoms with Gasteiger partial charge >= 0.3 is 5.69 Å². The maximum absolute atomic E-state index is 11.8. The van der Waals surface area contributed by atoms with E-state index in [-0.39, 0.29) is 12.3 Å². The van der Waals surface area contributed by atoms with Gasteiger partial charge in [-0.25, -0.2) is 9.48 Å². The van der Waals surface area contributed by atoms with Crippen LogP contribution in [-0.2, 0) is 13.6 Å². The van der Waals surface area contributed by atoms with Gasteiger partial charge in [-0.05, 0) is 23.8 Å². The molecule has 104 valence electrons. The molecule has 0 amide bonds. The second-order valence-electron chi connectivity index (χ2n) is 4.17. The molecule has 0 radical (unpaired) electrons. The van der Waals surface area contributed by atoms with Gasteiger partial charge in [0.05, 0.1) is 13.7 Å². The first kappa shape index (κ1) is 13.9. The van der Waals surface area contributed by atoms with Crippen molar-refractivity contribution in [1.29, 1.82) is 0 Å². The molecule has 1 aromatic carbocycles. The highest BCUT2D eigenvalue weighted by Crippen LogP contribution is 2.17. The zero-order valence-electron chi connectivity index (χ0n) is 11.3. The summed E-state index contributed by atoms with van der Waals surface area (Å²) in [6.45, 7) is 0.0846. The molecule has 0 saturated carbocycles. The number of aliphatic hydroxyl groups excluding tert-OH is 1. The number of aryl methyl sites for hydroxylation is 1. The molecule has 0 fully saturated rings. The number of hydrogen-bond acceptors (Lipinski definition) is 4. The summed E-state index contributed by atoms with van der Waals surface area (Å²) >= 11 is 0. The van der Waals surface area contributed by atoms with Gasteiger partial charge in [0.25, 0.3) is 0 Å². The lowest BCUT2D eigenvalue weighted by Gasteiger charge is -2.07. The second kappa shape index (κ2) is 6.08. The maximum atomic E-state index is 11.8. The number of benzene rings is 1. The average Bonchev–Trinajstić information content (AvgIpc) is 2.78. The Balaban J connectivity index is 2.42. The molecule has 6 nitrogen and oxygen atoms in total. The van der Waals surface area contributed by atoms with Crippen molar-refractivity contribution in [3.63, 3.8) is 0 Å². The molecule has 2 rings (SSSR count). The van der Waals surface area contributed by atoms with Crippen LogP contribution in [0.2, 0.25) is 0 Å². The molecule has 1 heterocycles. The van der Waals surface area contributed by atoms with Gasteiger partial charge in [-0.2, -0.15) is 5.10 Å². The first-order chi connectivity index (χ1) is 9.65. The van der Waals surface area contributed by atoms with Gasteiger partial charge in [-0.1, -0.05) is 11.8 Å². The van der Waals surface area contributed by atoms with Crippen molar-refractivity contribution in [3.05, 3.63) is 46.1 Å². The third-order valence-electron chi connectivity index (χ3n) is 2.82. The Labute approximate surface area is 116 Å². The van der Waals surface area contributed by atoms with E-state index in [9.17, 15) is 4.79 Å². The zero-order chi connectivity index (χ0) is 14.5. The molecule has 0 spiro atoms. The summed E-state index contributed by atoms with van der Waals surface area (Å²) < 4.78 is 7.93. The first-order valence-electron chi connectivity index (χ1n) is 6.00. The summed E-state index contributed by atoms with van der Waals surface area (Å²) in [5.41, 5.74) is 1.34. The normalized spacial score (nSPS) is 9.95. The van der Waals surface area contributed by atoms with Crippen molar-refractivity contribution < 1.29 is 9.84 Å². The zero-order valence-corrected chi connectivity index (χ0v) is 11.3. The fraction of sp³-hybridized carbons (Fsp3) is 0.286. The lowest BCUT2D eigenvalue weighted by atomic mass is 10.1. The summed E-state index contributed by atoms with van der Waals surface area (Å²) in [4.78, 5) is 11.8. The Hall–Kier alpha value is -2.52. The lowest BCUT2D eigenvalue weighted by molar-refractivity contribution is 0.350. The summed E-state index contributed by atoms with van der Waals surface area (Å²) in [6.07, 6.45) is 1.46. The number of aromatic nitrogens is 3. The Morgan fingerprint density at radius 3 is 2.85 bits per heavy atom. The van der Waals surface area contributed by atoms with E-state index in [1.807, 2.05) is 6.07 Å². The largest absolute Gasteiger partial charge is 0.497 e. The predicted molar refractivity (Wildman–Crippen MR) is 73.5 cm³/mol. The quantitative estimate of drug-likeness (QED) is 0.798. The standard InChI is InChI=1S/C14H15N3O3/c1-16-10-15-17(14(16)19)9-12-8-13(20-2)6-5-11(12)4-3-7-18/h5-6,8,10,18H,7,9H2,1-2H3. The number of ether oxygens (including phenoxy) is 1. The molecule has 0 aliphatic rings. The fourth-order valence-corrected chi connectivity index (χ4v) is 1.78. The molecule has 2 aromatic rings. The Morgan fingerprint density at radius 2 is 2.25 bits per heavy atom. The van der Waals surface area contributed by atoms with Crippen LogP contribution in [0.25, 0.3) is 0 Å². The third kappa shape index (κ3) is 2.90. The van der Waals surface area contributed by atoms with Gasteiger partial charge in [0.2, 0.25) is 0 Å². The van der Waals surface area contributed by atoms with Crippen molar-refractivity contribution in [1.82, 2.24) is 14.3 Å². The minimum absolute atomic E-state index is 0.200. The molecule has 20 heavy (non-hydrogen) atoms. The first-order valence-corrected chi connectivity index (χ1v) is 6.00. The summed E-state index contributed by atoms with van der Waals surface area (Å²) in [5, 5.41) is 12.8. The molecule has 6 heteroatoms. The van der Waals surface area contributed by atoms with E-state index >= 15 is 0 Å². The van der Waals surface area contributed by atoms with Gasteiger partial charge in [0.1, 0.15) is 18.7 Å². The molecule has 0 bridgehead atoms. The van der Waals surface area contributed by atoms with Crippen LogP contribution < -0.4 is 10.4 Å². The molecule has 0 saturated heterocycles. The Bertz CT molecular complexity index is 719. The number of methoxy groups -OCH3 is 1. The lowest BCUT2D eigenvalue weighted by Crippen LogP contribution is -2.23. The molecule has 0 unspecified atom stereocenters. The maximum Gasteiger partial charge on any atom is 0.345 e. The predicted octanol–water partition coefficient (Wildman–Crippen LogP) is -0.0175. The number of aliphatic hydroxyl groups is 1. The van der Waals surface area contributed by atoms with Crippen LogP contribution in [0, 0.1) is 11.8 Å². The number of rotatable bonds is 3. The van der Waals surface area contributed by atoms with Crippen LogP contribution >= 0.6 is 0 Å². The van der Waals surface area contributed by atoms with E-state index in [1.54, 1.807) is 26.3 Å². The van der Waals surface area contributed by atoms with E-state index in [2.05, 4.69) is 16.9 Å². The molecular formula is C14H15N3O3. The Morgan fingerprint density at radius 1 is 1.45 bits per heavy atom. The molecule has 0 aliphatic carbocycles. The Kier molecular flexibility index (Phi) is 4.23. The van der Waals surface area contributed by atoms with Gasteiger partial charge < -0.3 is 9.84 Å². The van der Waals surface area contributed by atoms with Crippen LogP contribution in [0.5, 0.6) is 5.75 Å². The monoisotopic (exact) mass is 273 g/mol. The van der Waals surface area contributed by atoms with E-state index in [4.69, 9.17) is 9.84 Å². The van der Waals surface area contributed by atoms with Crippen LogP contribution in [0.1, 0.15) is 11.1 Å². The van der Waals surface area contributed by atoms with Gasteiger partial charge in [-0.3, -0.25) is 4.57 Å². The summed E-state index contributed by atoms with van der Waals surface area (Å²) in [7, 11) is 3.22. The average molecular weight is 273 g/mol. The smallest absolute Gasteiger partial charge is 0.345 e.